The first-order valence-electron chi connectivity index (χ1n) is 6.49. The quantitative estimate of drug-likeness (QED) is 0.682. The molecule has 1 aliphatic rings. The number of hydrogen-bond acceptors (Lipinski definition) is 5. The number of rotatable bonds is 2. The predicted molar refractivity (Wildman–Crippen MR) is 79.4 cm³/mol. The Hall–Kier alpha value is -2.05. The molecule has 0 bridgehead atoms. The molecule has 6 heteroatoms. The Balaban J connectivity index is 2.08. The number of fused-ring (bicyclic) bond motifs is 1. The first-order valence-corrected chi connectivity index (χ1v) is 6.90. The van der Waals surface area contributed by atoms with E-state index in [-0.39, 0.29) is 4.64 Å². The summed E-state index contributed by atoms with van der Waals surface area (Å²) in [7, 11) is 1.32. The van der Waals surface area contributed by atoms with Gasteiger partial charge in [-0.25, -0.2) is 9.78 Å². The molecule has 5 nitrogen and oxygen atoms in total. The molecule has 108 valence electrons. The number of methoxy groups -OCH3 is 1. The summed E-state index contributed by atoms with van der Waals surface area (Å²) in [6.07, 6.45) is 0. The minimum atomic E-state index is -0.477. The molecule has 0 unspecified atom stereocenters. The largest absolute Gasteiger partial charge is 0.465 e. The highest BCUT2D eigenvalue weighted by molar-refractivity contribution is 7.71. The van der Waals surface area contributed by atoms with Crippen LogP contribution >= 0.6 is 12.2 Å². The van der Waals surface area contributed by atoms with E-state index < -0.39 is 5.97 Å². The van der Waals surface area contributed by atoms with Gasteiger partial charge in [-0.2, -0.15) is 0 Å². The molecule has 0 radical (unpaired) electrons. The number of benzene rings is 1. The number of aromatic amines is 1. The lowest BCUT2D eigenvalue weighted by Crippen LogP contribution is -2.09. The Labute approximate surface area is 126 Å². The Kier molecular flexibility index (Phi) is 3.57. The van der Waals surface area contributed by atoms with Crippen LogP contribution in [0.1, 0.15) is 27.2 Å². The zero-order valence-electron chi connectivity index (χ0n) is 11.7. The summed E-state index contributed by atoms with van der Waals surface area (Å²) < 4.78 is 10.4. The van der Waals surface area contributed by atoms with Gasteiger partial charge in [-0.05, 0) is 24.1 Å². The van der Waals surface area contributed by atoms with E-state index in [1.807, 2.05) is 18.2 Å². The molecule has 3 rings (SSSR count). The third-order valence-corrected chi connectivity index (χ3v) is 3.79. The lowest BCUT2D eigenvalue weighted by Gasteiger charge is -2.08. The van der Waals surface area contributed by atoms with Crippen molar-refractivity contribution in [3.63, 3.8) is 0 Å². The van der Waals surface area contributed by atoms with E-state index >= 15 is 0 Å². The van der Waals surface area contributed by atoms with Crippen LogP contribution in [0.5, 0.6) is 0 Å². The number of H-pyrrole nitrogens is 1. The molecule has 0 saturated carbocycles. The van der Waals surface area contributed by atoms with E-state index in [1.165, 1.54) is 12.7 Å². The smallest absolute Gasteiger partial charge is 0.342 e. The van der Waals surface area contributed by atoms with Gasteiger partial charge in [0.2, 0.25) is 0 Å². The Morgan fingerprint density at radius 1 is 1.38 bits per heavy atom. The number of nitrogens with zero attached hydrogens (tertiary/aromatic N) is 1. The number of nitrogens with one attached hydrogen (secondary N) is 1. The highest BCUT2D eigenvalue weighted by Gasteiger charge is 2.16. The molecule has 21 heavy (non-hydrogen) atoms. The van der Waals surface area contributed by atoms with Gasteiger partial charge in [-0.1, -0.05) is 24.4 Å². The van der Waals surface area contributed by atoms with Gasteiger partial charge in [0.15, 0.2) is 0 Å². The van der Waals surface area contributed by atoms with Crippen molar-refractivity contribution in [3.8, 4) is 11.4 Å². The summed E-state index contributed by atoms with van der Waals surface area (Å²) in [4.78, 5) is 19.1. The summed E-state index contributed by atoms with van der Waals surface area (Å²) in [6.45, 7) is 3.05. The maximum absolute atomic E-state index is 11.7. The molecule has 0 saturated heterocycles. The predicted octanol–water partition coefficient (Wildman–Crippen LogP) is 2.93. The normalized spacial score (nSPS) is 13.0. The van der Waals surface area contributed by atoms with Gasteiger partial charge in [0, 0.05) is 11.3 Å². The van der Waals surface area contributed by atoms with Crippen LogP contribution in [0.3, 0.4) is 0 Å². The molecule has 2 heterocycles. The third-order valence-electron chi connectivity index (χ3n) is 3.49. The van der Waals surface area contributed by atoms with Crippen molar-refractivity contribution in [3.05, 3.63) is 45.2 Å². The van der Waals surface area contributed by atoms with Gasteiger partial charge >= 0.3 is 5.97 Å². The summed E-state index contributed by atoms with van der Waals surface area (Å²) in [5.41, 5.74) is 4.22. The maximum Gasteiger partial charge on any atom is 0.342 e. The Bertz CT molecular complexity index is 783. The Morgan fingerprint density at radius 3 is 2.86 bits per heavy atom. The first kappa shape index (κ1) is 13.9. The maximum atomic E-state index is 11.7. The first-order chi connectivity index (χ1) is 10.1. The van der Waals surface area contributed by atoms with Gasteiger partial charge in [-0.3, -0.25) is 0 Å². The van der Waals surface area contributed by atoms with Crippen LogP contribution in [-0.4, -0.2) is 23.0 Å². The number of ether oxygens (including phenoxy) is 2. The second kappa shape index (κ2) is 5.38. The minimum Gasteiger partial charge on any atom is -0.465 e. The van der Waals surface area contributed by atoms with Crippen LogP contribution in [0.2, 0.25) is 0 Å². The molecule has 1 aromatic heterocycles. The molecule has 0 aliphatic carbocycles. The standard InChI is InChI=1S/C15H14N2O3S/c1-8-12(15(18)19-2)14(21)17-13(16-8)9-3-4-10-6-20-7-11(10)5-9/h3-5H,6-7H2,1-2H3,(H,16,17,21). The number of esters is 1. The van der Waals surface area contributed by atoms with Crippen LogP contribution < -0.4 is 0 Å². The fourth-order valence-corrected chi connectivity index (χ4v) is 2.71. The highest BCUT2D eigenvalue weighted by Crippen LogP contribution is 2.25. The minimum absolute atomic E-state index is 0.241. The molecule has 0 fully saturated rings. The van der Waals surface area contributed by atoms with Crippen molar-refractivity contribution < 1.29 is 14.3 Å². The van der Waals surface area contributed by atoms with E-state index in [9.17, 15) is 4.79 Å². The van der Waals surface area contributed by atoms with Gasteiger partial charge in [0.1, 0.15) is 16.0 Å². The van der Waals surface area contributed by atoms with Crippen molar-refractivity contribution in [2.24, 2.45) is 0 Å². The molecular weight excluding hydrogens is 288 g/mol. The second-order valence-corrected chi connectivity index (χ2v) is 5.25. The molecular formula is C15H14N2O3S. The van der Waals surface area contributed by atoms with Crippen LogP contribution in [-0.2, 0) is 22.7 Å². The van der Waals surface area contributed by atoms with E-state index in [2.05, 4.69) is 9.97 Å². The van der Waals surface area contributed by atoms with Gasteiger partial charge in [-0.15, -0.1) is 0 Å². The lowest BCUT2D eigenvalue weighted by atomic mass is 10.1. The summed E-state index contributed by atoms with van der Waals surface area (Å²) in [5.74, 6) is 0.162. The molecule has 1 aromatic carbocycles. The summed E-state index contributed by atoms with van der Waals surface area (Å²) in [5, 5.41) is 0. The van der Waals surface area contributed by atoms with Crippen LogP contribution in [0.15, 0.2) is 18.2 Å². The van der Waals surface area contributed by atoms with E-state index in [0.29, 0.717) is 30.3 Å². The van der Waals surface area contributed by atoms with Crippen LogP contribution in [0.25, 0.3) is 11.4 Å². The third kappa shape index (κ3) is 2.48. The topological polar surface area (TPSA) is 64.2 Å². The zero-order valence-corrected chi connectivity index (χ0v) is 12.5. The van der Waals surface area contributed by atoms with E-state index in [1.54, 1.807) is 6.92 Å². The van der Waals surface area contributed by atoms with Crippen molar-refractivity contribution >= 4 is 18.2 Å². The van der Waals surface area contributed by atoms with Crippen molar-refractivity contribution in [1.82, 2.24) is 9.97 Å². The van der Waals surface area contributed by atoms with E-state index in [0.717, 1.165) is 11.1 Å². The molecule has 1 aliphatic heterocycles. The molecule has 0 atom stereocenters. The number of hydrogen-bond donors (Lipinski definition) is 1. The van der Waals surface area contributed by atoms with Gasteiger partial charge in [0.25, 0.3) is 0 Å². The summed E-state index contributed by atoms with van der Waals surface area (Å²) >= 11 is 5.21. The van der Waals surface area contributed by atoms with Crippen LogP contribution in [0, 0.1) is 11.6 Å². The number of carbonyl (C=O) groups excluding carboxylic acids is 1. The monoisotopic (exact) mass is 302 g/mol. The highest BCUT2D eigenvalue weighted by atomic mass is 32.1. The Morgan fingerprint density at radius 2 is 2.14 bits per heavy atom. The lowest BCUT2D eigenvalue weighted by molar-refractivity contribution is 0.0598. The molecule has 0 amide bonds. The van der Waals surface area contributed by atoms with Gasteiger partial charge < -0.3 is 14.5 Å². The summed E-state index contributed by atoms with van der Waals surface area (Å²) in [6, 6.07) is 6.03. The molecule has 1 N–H and O–H groups in total. The fraction of sp³-hybridized carbons (Fsp3) is 0.267. The second-order valence-electron chi connectivity index (χ2n) is 4.86. The fourth-order valence-electron chi connectivity index (χ4n) is 2.38. The molecule has 0 spiro atoms. The van der Waals surface area contributed by atoms with Crippen molar-refractivity contribution in [2.45, 2.75) is 20.1 Å². The number of carbonyl (C=O) groups is 1. The van der Waals surface area contributed by atoms with Crippen molar-refractivity contribution in [2.75, 3.05) is 7.11 Å². The average molecular weight is 302 g/mol. The SMILES string of the molecule is COC(=O)c1c(C)[nH]c(-c2ccc3c(c2)COC3)nc1=S. The molecule has 2 aromatic rings. The number of aryl methyl sites for hydroxylation is 1. The van der Waals surface area contributed by atoms with Crippen molar-refractivity contribution in [1.29, 1.82) is 0 Å². The van der Waals surface area contributed by atoms with Gasteiger partial charge in [0.05, 0.1) is 20.3 Å². The van der Waals surface area contributed by atoms with E-state index in [4.69, 9.17) is 21.7 Å². The average Bonchev–Trinajstić information content (AvgIpc) is 2.93. The number of aromatic nitrogens is 2. The van der Waals surface area contributed by atoms with Crippen LogP contribution in [0.4, 0.5) is 0 Å². The zero-order chi connectivity index (χ0) is 15.0.